The Morgan fingerprint density at radius 2 is 2.07 bits per heavy atom. The van der Waals surface area contributed by atoms with E-state index >= 15 is 0 Å². The van der Waals surface area contributed by atoms with Gasteiger partial charge in [-0.25, -0.2) is 4.79 Å². The van der Waals surface area contributed by atoms with Crippen LogP contribution in [-0.2, 0) is 14.3 Å². The van der Waals surface area contributed by atoms with Gasteiger partial charge in [-0.1, -0.05) is 26.7 Å². The van der Waals surface area contributed by atoms with E-state index < -0.39 is 0 Å². The van der Waals surface area contributed by atoms with Crippen molar-refractivity contribution in [3.05, 3.63) is 41.8 Å². The number of methoxy groups -OCH3 is 1. The van der Waals surface area contributed by atoms with Gasteiger partial charge in [0, 0.05) is 37.0 Å². The largest absolute Gasteiger partial charge is 0.493 e. The van der Waals surface area contributed by atoms with Crippen LogP contribution in [-0.4, -0.2) is 26.1 Å². The molecule has 3 rings (SSSR count). The van der Waals surface area contributed by atoms with Crippen LogP contribution in [0.5, 0.6) is 11.5 Å². The third-order valence-corrected chi connectivity index (χ3v) is 5.78. The van der Waals surface area contributed by atoms with Crippen LogP contribution >= 0.6 is 0 Å². The van der Waals surface area contributed by atoms with Crippen molar-refractivity contribution in [2.24, 2.45) is 11.8 Å². The lowest BCUT2D eigenvalue weighted by molar-refractivity contribution is -0.136. The van der Waals surface area contributed by atoms with E-state index in [-0.39, 0.29) is 17.9 Å². The first-order chi connectivity index (χ1) is 14.4. The van der Waals surface area contributed by atoms with E-state index in [1.165, 1.54) is 0 Å². The van der Waals surface area contributed by atoms with E-state index in [0.717, 1.165) is 49.2 Å². The zero-order valence-electron chi connectivity index (χ0n) is 18.3. The minimum atomic E-state index is -0.357. The monoisotopic (exact) mass is 413 g/mol. The van der Waals surface area contributed by atoms with E-state index in [9.17, 15) is 9.59 Å². The van der Waals surface area contributed by atoms with Crippen LogP contribution in [0.4, 0.5) is 5.69 Å². The van der Waals surface area contributed by atoms with Crippen molar-refractivity contribution in [3.8, 4) is 11.5 Å². The molecular formula is C24H31NO5. The van der Waals surface area contributed by atoms with E-state index in [1.54, 1.807) is 25.3 Å². The van der Waals surface area contributed by atoms with Crippen LogP contribution in [0.1, 0.15) is 52.4 Å². The second-order valence-corrected chi connectivity index (χ2v) is 7.95. The molecule has 0 saturated carbocycles. The van der Waals surface area contributed by atoms with Crippen molar-refractivity contribution < 1.29 is 23.8 Å². The molecule has 0 fully saturated rings. The Hall–Kier alpha value is -2.76. The quantitative estimate of drug-likeness (QED) is 0.340. The van der Waals surface area contributed by atoms with Gasteiger partial charge in [0.2, 0.25) is 0 Å². The standard InChI is InChI=1S/C24H31NO5/c1-5-6-7-11-22(26)30-21-14-17(12-13-19(21)28-4)25(3)18-15-23(27)29-20-10-8-9-16(2)24(18)20/h10,12-16,24H,5-9,11H2,1-4H3. The fourth-order valence-electron chi connectivity index (χ4n) is 4.06. The normalized spacial score (nSPS) is 20.5. The average molecular weight is 414 g/mol. The van der Waals surface area contributed by atoms with E-state index in [1.807, 2.05) is 24.1 Å². The van der Waals surface area contributed by atoms with Crippen LogP contribution < -0.4 is 14.4 Å². The molecule has 1 aliphatic carbocycles. The van der Waals surface area contributed by atoms with Gasteiger partial charge in [0.1, 0.15) is 5.76 Å². The molecule has 1 aromatic carbocycles. The fraction of sp³-hybridized carbons (Fsp3) is 0.500. The Morgan fingerprint density at radius 3 is 2.80 bits per heavy atom. The predicted molar refractivity (Wildman–Crippen MR) is 115 cm³/mol. The Bertz CT molecular complexity index is 857. The number of nitrogens with zero attached hydrogens (tertiary/aromatic N) is 1. The highest BCUT2D eigenvalue weighted by Crippen LogP contribution is 2.42. The smallest absolute Gasteiger partial charge is 0.337 e. The number of hydrogen-bond donors (Lipinski definition) is 0. The maximum Gasteiger partial charge on any atom is 0.337 e. The summed E-state index contributed by atoms with van der Waals surface area (Å²) < 4.78 is 16.4. The minimum absolute atomic E-state index is 0.0311. The topological polar surface area (TPSA) is 65.1 Å². The van der Waals surface area contributed by atoms with Gasteiger partial charge in [-0.2, -0.15) is 0 Å². The highest BCUT2D eigenvalue weighted by molar-refractivity contribution is 5.86. The van der Waals surface area contributed by atoms with Gasteiger partial charge in [0.15, 0.2) is 11.5 Å². The molecule has 0 aromatic heterocycles. The summed E-state index contributed by atoms with van der Waals surface area (Å²) in [7, 11) is 3.46. The molecule has 1 aromatic rings. The van der Waals surface area contributed by atoms with E-state index in [2.05, 4.69) is 13.8 Å². The van der Waals surface area contributed by atoms with Crippen LogP contribution in [0.25, 0.3) is 0 Å². The van der Waals surface area contributed by atoms with Crippen LogP contribution in [0.15, 0.2) is 41.8 Å². The molecule has 6 nitrogen and oxygen atoms in total. The van der Waals surface area contributed by atoms with Gasteiger partial charge in [-0.15, -0.1) is 0 Å². The lowest BCUT2D eigenvalue weighted by Gasteiger charge is -2.38. The summed E-state index contributed by atoms with van der Waals surface area (Å²) in [5.41, 5.74) is 1.69. The first kappa shape index (κ1) is 21.9. The Balaban J connectivity index is 1.86. The van der Waals surface area contributed by atoms with Gasteiger partial charge in [0.25, 0.3) is 0 Å². The van der Waals surface area contributed by atoms with Crippen molar-refractivity contribution in [2.75, 3.05) is 19.1 Å². The van der Waals surface area contributed by atoms with Gasteiger partial charge in [-0.05, 0) is 43.4 Å². The molecule has 0 bridgehead atoms. The van der Waals surface area contributed by atoms with Crippen LogP contribution in [0.3, 0.4) is 0 Å². The lowest BCUT2D eigenvalue weighted by atomic mass is 9.80. The number of ether oxygens (including phenoxy) is 3. The number of benzene rings is 1. The number of hydrogen-bond acceptors (Lipinski definition) is 6. The molecular weight excluding hydrogens is 382 g/mol. The van der Waals surface area contributed by atoms with Gasteiger partial charge in [0.05, 0.1) is 13.0 Å². The molecule has 0 spiro atoms. The van der Waals surface area contributed by atoms with Crippen molar-refractivity contribution in [1.29, 1.82) is 0 Å². The summed E-state index contributed by atoms with van der Waals surface area (Å²) in [6.07, 6.45) is 8.76. The first-order valence-electron chi connectivity index (χ1n) is 10.7. The second kappa shape index (κ2) is 9.83. The number of unbranched alkanes of at least 4 members (excludes halogenated alkanes) is 2. The number of fused-ring (bicyclic) bond motifs is 1. The number of anilines is 1. The van der Waals surface area contributed by atoms with Crippen LogP contribution in [0.2, 0.25) is 0 Å². The number of carbonyl (C=O) groups excluding carboxylic acids is 2. The van der Waals surface area contributed by atoms with Gasteiger partial charge >= 0.3 is 11.9 Å². The zero-order valence-corrected chi connectivity index (χ0v) is 18.3. The third-order valence-electron chi connectivity index (χ3n) is 5.78. The summed E-state index contributed by atoms with van der Waals surface area (Å²) in [5.74, 6) is 1.39. The highest BCUT2D eigenvalue weighted by Gasteiger charge is 2.36. The van der Waals surface area contributed by atoms with Crippen molar-refractivity contribution >= 4 is 17.6 Å². The summed E-state index contributed by atoms with van der Waals surface area (Å²) >= 11 is 0. The average Bonchev–Trinajstić information content (AvgIpc) is 2.72. The Labute approximate surface area is 178 Å². The number of rotatable bonds is 8. The van der Waals surface area contributed by atoms with E-state index in [4.69, 9.17) is 14.2 Å². The molecule has 30 heavy (non-hydrogen) atoms. The van der Waals surface area contributed by atoms with Crippen molar-refractivity contribution in [1.82, 2.24) is 0 Å². The molecule has 0 radical (unpaired) electrons. The summed E-state index contributed by atoms with van der Waals surface area (Å²) in [4.78, 5) is 26.4. The SMILES string of the molecule is CCCCCC(=O)Oc1cc(N(C)C2=CC(=O)OC3=CCCC(C)C32)ccc1OC. The molecule has 2 aliphatic rings. The summed E-state index contributed by atoms with van der Waals surface area (Å²) in [6, 6.07) is 5.46. The molecule has 2 unspecified atom stereocenters. The second-order valence-electron chi connectivity index (χ2n) is 7.95. The molecule has 1 aliphatic heterocycles. The van der Waals surface area contributed by atoms with Crippen molar-refractivity contribution in [3.63, 3.8) is 0 Å². The first-order valence-corrected chi connectivity index (χ1v) is 10.7. The molecule has 2 atom stereocenters. The third kappa shape index (κ3) is 4.86. The Kier molecular flexibility index (Phi) is 7.19. The number of esters is 2. The molecule has 0 amide bonds. The lowest BCUT2D eigenvalue weighted by Crippen LogP contribution is -2.35. The van der Waals surface area contributed by atoms with Crippen LogP contribution in [0, 0.1) is 11.8 Å². The maximum absolute atomic E-state index is 12.2. The predicted octanol–water partition coefficient (Wildman–Crippen LogP) is 4.99. The molecule has 6 heteroatoms. The summed E-state index contributed by atoms with van der Waals surface area (Å²) in [5, 5.41) is 0. The fourth-order valence-corrected chi connectivity index (χ4v) is 4.06. The summed E-state index contributed by atoms with van der Waals surface area (Å²) in [6.45, 7) is 4.27. The zero-order chi connectivity index (χ0) is 21.7. The molecule has 1 heterocycles. The Morgan fingerprint density at radius 1 is 1.27 bits per heavy atom. The van der Waals surface area contributed by atoms with Gasteiger partial charge < -0.3 is 19.1 Å². The van der Waals surface area contributed by atoms with Crippen molar-refractivity contribution in [2.45, 2.75) is 52.4 Å². The molecule has 0 saturated heterocycles. The van der Waals surface area contributed by atoms with E-state index in [0.29, 0.717) is 23.8 Å². The highest BCUT2D eigenvalue weighted by atomic mass is 16.6. The number of allylic oxidation sites excluding steroid dienone is 1. The molecule has 0 N–H and O–H groups in total. The van der Waals surface area contributed by atoms with Gasteiger partial charge in [-0.3, -0.25) is 4.79 Å². The maximum atomic E-state index is 12.2. The molecule has 162 valence electrons. The number of carbonyl (C=O) groups is 2. The minimum Gasteiger partial charge on any atom is -0.493 e.